The normalized spacial score (nSPS) is 20.2. The third kappa shape index (κ3) is 2.96. The van der Waals surface area contributed by atoms with Crippen LogP contribution in [-0.4, -0.2) is 23.7 Å². The molecule has 0 amide bonds. The van der Waals surface area contributed by atoms with Gasteiger partial charge in [0.25, 0.3) is 0 Å². The number of aromatic hydroxyl groups is 1. The van der Waals surface area contributed by atoms with Gasteiger partial charge in [0.15, 0.2) is 0 Å². The van der Waals surface area contributed by atoms with Crippen molar-refractivity contribution in [3.8, 4) is 5.75 Å². The second-order valence-electron chi connectivity index (χ2n) is 4.90. The first kappa shape index (κ1) is 12.8. The van der Waals surface area contributed by atoms with Crippen LogP contribution < -0.4 is 5.32 Å². The Morgan fingerprint density at radius 2 is 2.35 bits per heavy atom. The first-order valence-electron chi connectivity index (χ1n) is 6.25. The van der Waals surface area contributed by atoms with E-state index in [9.17, 15) is 5.11 Å². The zero-order valence-electron chi connectivity index (χ0n) is 10.6. The Balaban J connectivity index is 1.96. The van der Waals surface area contributed by atoms with Gasteiger partial charge in [-0.25, -0.2) is 0 Å². The molecule has 1 aromatic rings. The fourth-order valence-corrected chi connectivity index (χ4v) is 3.22. The summed E-state index contributed by atoms with van der Waals surface area (Å²) in [6, 6.07) is 6.30. The topological polar surface area (TPSA) is 32.3 Å². The van der Waals surface area contributed by atoms with E-state index in [1.54, 1.807) is 6.07 Å². The quantitative estimate of drug-likeness (QED) is 0.844. The molecule has 2 unspecified atom stereocenters. The van der Waals surface area contributed by atoms with Crippen LogP contribution in [0.2, 0.25) is 0 Å². The number of rotatable bonds is 5. The van der Waals surface area contributed by atoms with Gasteiger partial charge >= 0.3 is 0 Å². The fraction of sp³-hybridized carbons (Fsp3) is 0.571. The van der Waals surface area contributed by atoms with Crippen LogP contribution in [-0.2, 0) is 6.42 Å². The second kappa shape index (κ2) is 5.78. The Hall–Kier alpha value is -0.670. The van der Waals surface area contributed by atoms with Crippen LogP contribution in [0.1, 0.15) is 30.5 Å². The molecule has 17 heavy (non-hydrogen) atoms. The summed E-state index contributed by atoms with van der Waals surface area (Å²) in [4.78, 5) is 0. The van der Waals surface area contributed by atoms with Gasteiger partial charge in [-0.05, 0) is 54.5 Å². The molecule has 0 bridgehead atoms. The Labute approximate surface area is 108 Å². The number of hydrogen-bond donors (Lipinski definition) is 2. The summed E-state index contributed by atoms with van der Waals surface area (Å²) in [6.07, 6.45) is 4.26. The highest BCUT2D eigenvalue weighted by atomic mass is 32.2. The van der Waals surface area contributed by atoms with Crippen molar-refractivity contribution in [1.29, 1.82) is 0 Å². The molecule has 2 nitrogen and oxygen atoms in total. The van der Waals surface area contributed by atoms with E-state index in [0.717, 1.165) is 24.9 Å². The van der Waals surface area contributed by atoms with Gasteiger partial charge < -0.3 is 10.4 Å². The van der Waals surface area contributed by atoms with Gasteiger partial charge in [-0.1, -0.05) is 19.1 Å². The predicted octanol–water partition coefficient (Wildman–Crippen LogP) is 2.97. The van der Waals surface area contributed by atoms with Gasteiger partial charge in [0.1, 0.15) is 5.75 Å². The minimum Gasteiger partial charge on any atom is -0.508 e. The SMILES string of the molecule is CSCC(C)CNC1CCc2c(O)cccc21. The van der Waals surface area contributed by atoms with E-state index >= 15 is 0 Å². The summed E-state index contributed by atoms with van der Waals surface area (Å²) < 4.78 is 0. The Morgan fingerprint density at radius 3 is 3.12 bits per heavy atom. The van der Waals surface area contributed by atoms with Gasteiger partial charge in [-0.15, -0.1) is 0 Å². The lowest BCUT2D eigenvalue weighted by molar-refractivity contribution is 0.469. The molecule has 0 saturated carbocycles. The van der Waals surface area contributed by atoms with Crippen LogP contribution in [0.15, 0.2) is 18.2 Å². The van der Waals surface area contributed by atoms with Crippen molar-refractivity contribution in [2.24, 2.45) is 5.92 Å². The molecule has 3 heteroatoms. The Kier molecular flexibility index (Phi) is 4.35. The predicted molar refractivity (Wildman–Crippen MR) is 74.7 cm³/mol. The molecule has 1 aromatic carbocycles. The molecule has 0 heterocycles. The van der Waals surface area contributed by atoms with Crippen LogP contribution in [0, 0.1) is 5.92 Å². The molecule has 0 radical (unpaired) electrons. The van der Waals surface area contributed by atoms with Gasteiger partial charge in [0.2, 0.25) is 0 Å². The zero-order valence-corrected chi connectivity index (χ0v) is 11.4. The maximum atomic E-state index is 9.78. The van der Waals surface area contributed by atoms with Crippen LogP contribution in [0.5, 0.6) is 5.75 Å². The van der Waals surface area contributed by atoms with Crippen LogP contribution >= 0.6 is 11.8 Å². The van der Waals surface area contributed by atoms with E-state index in [2.05, 4.69) is 24.6 Å². The summed E-state index contributed by atoms with van der Waals surface area (Å²) in [5, 5.41) is 13.4. The summed E-state index contributed by atoms with van der Waals surface area (Å²) in [6.45, 7) is 3.34. The molecule has 0 fully saturated rings. The smallest absolute Gasteiger partial charge is 0.119 e. The number of benzene rings is 1. The molecular weight excluding hydrogens is 230 g/mol. The highest BCUT2D eigenvalue weighted by molar-refractivity contribution is 7.98. The van der Waals surface area contributed by atoms with Crippen molar-refractivity contribution in [3.63, 3.8) is 0 Å². The summed E-state index contributed by atoms with van der Waals surface area (Å²) in [5.41, 5.74) is 2.43. The molecular formula is C14H21NOS. The molecule has 2 atom stereocenters. The first-order valence-corrected chi connectivity index (χ1v) is 7.64. The zero-order chi connectivity index (χ0) is 12.3. The molecule has 0 spiro atoms. The molecule has 0 aliphatic heterocycles. The van der Waals surface area contributed by atoms with Crippen molar-refractivity contribution in [2.75, 3.05) is 18.6 Å². The number of fused-ring (bicyclic) bond motifs is 1. The minimum absolute atomic E-state index is 0.432. The third-order valence-corrected chi connectivity index (χ3v) is 4.31. The standard InChI is InChI=1S/C14H21NOS/c1-10(9-17-2)8-15-13-7-6-12-11(13)4-3-5-14(12)16/h3-5,10,13,15-16H,6-9H2,1-2H3. The van der Waals surface area contributed by atoms with Crippen molar-refractivity contribution in [2.45, 2.75) is 25.8 Å². The third-order valence-electron chi connectivity index (χ3n) is 3.41. The monoisotopic (exact) mass is 251 g/mol. The molecule has 0 aromatic heterocycles. The number of nitrogens with one attached hydrogen (secondary N) is 1. The van der Waals surface area contributed by atoms with Crippen molar-refractivity contribution in [3.05, 3.63) is 29.3 Å². The number of phenols is 1. The van der Waals surface area contributed by atoms with Crippen LogP contribution in [0.4, 0.5) is 0 Å². The van der Waals surface area contributed by atoms with Crippen molar-refractivity contribution < 1.29 is 5.11 Å². The van der Waals surface area contributed by atoms with E-state index in [-0.39, 0.29) is 0 Å². The average Bonchev–Trinajstić information content (AvgIpc) is 2.72. The van der Waals surface area contributed by atoms with E-state index < -0.39 is 0 Å². The number of thioether (sulfide) groups is 1. The Morgan fingerprint density at radius 1 is 1.53 bits per heavy atom. The molecule has 94 valence electrons. The van der Waals surface area contributed by atoms with E-state index in [4.69, 9.17) is 0 Å². The second-order valence-corrected chi connectivity index (χ2v) is 5.82. The van der Waals surface area contributed by atoms with Crippen LogP contribution in [0.25, 0.3) is 0 Å². The van der Waals surface area contributed by atoms with Crippen molar-refractivity contribution >= 4 is 11.8 Å². The molecule has 1 aliphatic carbocycles. The highest BCUT2D eigenvalue weighted by Gasteiger charge is 2.24. The lowest BCUT2D eigenvalue weighted by Gasteiger charge is -2.17. The summed E-state index contributed by atoms with van der Waals surface area (Å²) >= 11 is 1.90. The lowest BCUT2D eigenvalue weighted by atomic mass is 10.1. The molecule has 0 saturated heterocycles. The molecule has 2 rings (SSSR count). The molecule has 2 N–H and O–H groups in total. The van der Waals surface area contributed by atoms with E-state index in [1.807, 2.05) is 17.8 Å². The largest absolute Gasteiger partial charge is 0.508 e. The average molecular weight is 251 g/mol. The van der Waals surface area contributed by atoms with Gasteiger partial charge in [0, 0.05) is 6.04 Å². The van der Waals surface area contributed by atoms with Crippen molar-refractivity contribution in [1.82, 2.24) is 5.32 Å². The number of phenolic OH excluding ortho intramolecular Hbond substituents is 1. The van der Waals surface area contributed by atoms with E-state index in [0.29, 0.717) is 17.7 Å². The maximum absolute atomic E-state index is 9.78. The highest BCUT2D eigenvalue weighted by Crippen LogP contribution is 2.36. The summed E-state index contributed by atoms with van der Waals surface area (Å²) in [5.74, 6) is 2.36. The van der Waals surface area contributed by atoms with E-state index in [1.165, 1.54) is 11.3 Å². The van der Waals surface area contributed by atoms with Gasteiger partial charge in [-0.2, -0.15) is 11.8 Å². The van der Waals surface area contributed by atoms with Crippen LogP contribution in [0.3, 0.4) is 0 Å². The maximum Gasteiger partial charge on any atom is 0.119 e. The fourth-order valence-electron chi connectivity index (χ4n) is 2.53. The first-order chi connectivity index (χ1) is 8.22. The summed E-state index contributed by atoms with van der Waals surface area (Å²) in [7, 11) is 0. The molecule has 1 aliphatic rings. The minimum atomic E-state index is 0.432. The lowest BCUT2D eigenvalue weighted by Crippen LogP contribution is -2.25. The Bertz CT molecular complexity index is 380. The van der Waals surface area contributed by atoms with Gasteiger partial charge in [-0.3, -0.25) is 0 Å². The number of hydrogen-bond acceptors (Lipinski definition) is 3. The van der Waals surface area contributed by atoms with Gasteiger partial charge in [0.05, 0.1) is 0 Å².